The molecule has 64 valence electrons. The predicted octanol–water partition coefficient (Wildman–Crippen LogP) is -2.18. The Morgan fingerprint density at radius 1 is 1.00 bits per heavy atom. The van der Waals surface area contributed by atoms with Crippen molar-refractivity contribution in [3.63, 3.8) is 0 Å². The van der Waals surface area contributed by atoms with Gasteiger partial charge in [0.05, 0.1) is 6.61 Å². The van der Waals surface area contributed by atoms with Gasteiger partial charge in [0.15, 0.2) is 6.29 Å². The third-order valence-electron chi connectivity index (χ3n) is 2.09. The summed E-state index contributed by atoms with van der Waals surface area (Å²) in [7, 11) is 0. The number of hydrogen-bond donors (Lipinski definition) is 3. The Morgan fingerprint density at radius 3 is 2.45 bits per heavy atom. The quantitative estimate of drug-likeness (QED) is 0.377. The molecule has 2 bridgehead atoms. The molecule has 0 radical (unpaired) electrons. The molecule has 2 aliphatic rings. The molecule has 2 fully saturated rings. The van der Waals surface area contributed by atoms with E-state index in [0.717, 1.165) is 0 Å². The first-order valence-electron chi connectivity index (χ1n) is 3.51. The largest absolute Gasteiger partial charge is 0.387 e. The number of fused-ring (bicyclic) bond motifs is 2. The smallest absolute Gasteiger partial charge is 0.186 e. The van der Waals surface area contributed by atoms with Crippen molar-refractivity contribution in [2.45, 2.75) is 30.7 Å². The maximum Gasteiger partial charge on any atom is 0.186 e. The maximum atomic E-state index is 9.22. The van der Waals surface area contributed by atoms with Gasteiger partial charge in [-0.2, -0.15) is 0 Å². The minimum absolute atomic E-state index is 0.236. The first-order valence-corrected chi connectivity index (χ1v) is 3.51. The highest BCUT2D eigenvalue weighted by molar-refractivity contribution is 4.92. The third-order valence-corrected chi connectivity index (χ3v) is 2.09. The van der Waals surface area contributed by atoms with Crippen molar-refractivity contribution in [3.8, 4) is 0 Å². The van der Waals surface area contributed by atoms with Gasteiger partial charge >= 0.3 is 0 Å². The molecule has 3 N–H and O–H groups in total. The number of rotatable bonds is 0. The molecule has 11 heavy (non-hydrogen) atoms. The first kappa shape index (κ1) is 7.45. The molecule has 2 aliphatic heterocycles. The van der Waals surface area contributed by atoms with Crippen LogP contribution >= 0.6 is 0 Å². The van der Waals surface area contributed by atoms with Gasteiger partial charge in [-0.25, -0.2) is 0 Å². The van der Waals surface area contributed by atoms with Crippen LogP contribution < -0.4 is 0 Å². The lowest BCUT2D eigenvalue weighted by molar-refractivity contribution is -0.228. The van der Waals surface area contributed by atoms with Crippen LogP contribution in [0.15, 0.2) is 0 Å². The SMILES string of the molecule is OC1C2OC[C@@H](O2)C(O)[C@@H]1O. The summed E-state index contributed by atoms with van der Waals surface area (Å²) in [6.07, 6.45) is -4.58. The molecule has 2 rings (SSSR count). The summed E-state index contributed by atoms with van der Waals surface area (Å²) in [5, 5.41) is 27.6. The molecular weight excluding hydrogens is 152 g/mol. The van der Waals surface area contributed by atoms with E-state index in [4.69, 9.17) is 14.6 Å². The Balaban J connectivity index is 2.16. The second kappa shape index (κ2) is 2.40. The van der Waals surface area contributed by atoms with Gasteiger partial charge in [0, 0.05) is 0 Å². The summed E-state index contributed by atoms with van der Waals surface area (Å²) in [6.45, 7) is 0.236. The number of hydrogen-bond acceptors (Lipinski definition) is 5. The van der Waals surface area contributed by atoms with E-state index in [1.807, 2.05) is 0 Å². The van der Waals surface area contributed by atoms with Crippen LogP contribution in [0.25, 0.3) is 0 Å². The van der Waals surface area contributed by atoms with E-state index in [-0.39, 0.29) is 6.61 Å². The number of aliphatic hydroxyl groups excluding tert-OH is 3. The molecule has 0 saturated carbocycles. The van der Waals surface area contributed by atoms with Gasteiger partial charge in [-0.15, -0.1) is 0 Å². The molecule has 0 aromatic heterocycles. The van der Waals surface area contributed by atoms with Crippen molar-refractivity contribution in [2.75, 3.05) is 6.61 Å². The van der Waals surface area contributed by atoms with Crippen LogP contribution in [0.5, 0.6) is 0 Å². The highest BCUT2D eigenvalue weighted by Gasteiger charge is 2.48. The Bertz CT molecular complexity index is 141. The molecule has 5 heteroatoms. The van der Waals surface area contributed by atoms with Crippen molar-refractivity contribution in [2.24, 2.45) is 0 Å². The van der Waals surface area contributed by atoms with Gasteiger partial charge in [0.1, 0.15) is 24.4 Å². The van der Waals surface area contributed by atoms with Crippen molar-refractivity contribution in [1.82, 2.24) is 0 Å². The van der Waals surface area contributed by atoms with E-state index in [9.17, 15) is 10.2 Å². The van der Waals surface area contributed by atoms with Crippen molar-refractivity contribution in [3.05, 3.63) is 0 Å². The Labute approximate surface area is 63.2 Å². The third kappa shape index (κ3) is 0.969. The predicted molar refractivity (Wildman–Crippen MR) is 32.6 cm³/mol. The zero-order chi connectivity index (χ0) is 8.01. The van der Waals surface area contributed by atoms with Crippen LogP contribution in [-0.2, 0) is 9.47 Å². The summed E-state index contributed by atoms with van der Waals surface area (Å²) in [6, 6.07) is 0. The summed E-state index contributed by atoms with van der Waals surface area (Å²) in [4.78, 5) is 0. The molecule has 0 aromatic rings. The van der Waals surface area contributed by atoms with Crippen LogP contribution in [0.2, 0.25) is 0 Å². The number of aliphatic hydroxyl groups is 3. The molecule has 3 unspecified atom stereocenters. The monoisotopic (exact) mass is 162 g/mol. The van der Waals surface area contributed by atoms with Gasteiger partial charge < -0.3 is 24.8 Å². The van der Waals surface area contributed by atoms with Crippen LogP contribution in [-0.4, -0.2) is 52.6 Å². The van der Waals surface area contributed by atoms with Crippen molar-refractivity contribution < 1.29 is 24.8 Å². The van der Waals surface area contributed by atoms with E-state index < -0.39 is 30.7 Å². The highest BCUT2D eigenvalue weighted by atomic mass is 16.7. The lowest BCUT2D eigenvalue weighted by atomic mass is 10.0. The Morgan fingerprint density at radius 2 is 1.73 bits per heavy atom. The number of ether oxygens (including phenoxy) is 2. The second-order valence-electron chi connectivity index (χ2n) is 2.85. The topological polar surface area (TPSA) is 79.2 Å². The first-order chi connectivity index (χ1) is 5.20. The maximum absolute atomic E-state index is 9.22. The molecule has 2 saturated heterocycles. The normalized spacial score (nSPS) is 56.5. The summed E-state index contributed by atoms with van der Waals surface area (Å²) >= 11 is 0. The van der Waals surface area contributed by atoms with Crippen LogP contribution in [0.3, 0.4) is 0 Å². The summed E-state index contributed by atoms with van der Waals surface area (Å²) in [5.41, 5.74) is 0. The zero-order valence-electron chi connectivity index (χ0n) is 5.75. The van der Waals surface area contributed by atoms with Gasteiger partial charge in [-0.3, -0.25) is 0 Å². The zero-order valence-corrected chi connectivity index (χ0v) is 5.75. The fourth-order valence-electron chi connectivity index (χ4n) is 1.38. The lowest BCUT2D eigenvalue weighted by Crippen LogP contribution is -2.53. The van der Waals surface area contributed by atoms with E-state index in [0.29, 0.717) is 0 Å². The highest BCUT2D eigenvalue weighted by Crippen LogP contribution is 2.27. The van der Waals surface area contributed by atoms with Crippen LogP contribution in [0.1, 0.15) is 0 Å². The minimum atomic E-state index is -1.15. The van der Waals surface area contributed by atoms with Gasteiger partial charge in [0.2, 0.25) is 0 Å². The van der Waals surface area contributed by atoms with Gasteiger partial charge in [0.25, 0.3) is 0 Å². The van der Waals surface area contributed by atoms with Crippen LogP contribution in [0.4, 0.5) is 0 Å². The summed E-state index contributed by atoms with van der Waals surface area (Å²) in [5.74, 6) is 0. The van der Waals surface area contributed by atoms with Gasteiger partial charge in [-0.1, -0.05) is 0 Å². The second-order valence-corrected chi connectivity index (χ2v) is 2.85. The molecule has 0 spiro atoms. The van der Waals surface area contributed by atoms with E-state index in [1.54, 1.807) is 0 Å². The molecule has 5 atom stereocenters. The van der Waals surface area contributed by atoms with Crippen molar-refractivity contribution >= 4 is 0 Å². The standard InChI is InChI=1S/C6H10O5/c7-3-2-1-10-6(11-2)5(9)4(3)8/h2-9H,1H2/t2-,3?,4+,5?,6?/m1/s1. The molecule has 5 nitrogen and oxygen atoms in total. The van der Waals surface area contributed by atoms with Gasteiger partial charge in [-0.05, 0) is 0 Å². The molecule has 0 amide bonds. The molecule has 0 aliphatic carbocycles. The average Bonchev–Trinajstić information content (AvgIpc) is 2.44. The van der Waals surface area contributed by atoms with Crippen molar-refractivity contribution in [1.29, 1.82) is 0 Å². The fourth-order valence-corrected chi connectivity index (χ4v) is 1.38. The average molecular weight is 162 g/mol. The lowest BCUT2D eigenvalue weighted by Gasteiger charge is -2.32. The summed E-state index contributed by atoms with van der Waals surface area (Å²) < 4.78 is 9.95. The van der Waals surface area contributed by atoms with E-state index in [1.165, 1.54) is 0 Å². The fraction of sp³-hybridized carbons (Fsp3) is 1.00. The Kier molecular flexibility index (Phi) is 1.62. The van der Waals surface area contributed by atoms with E-state index in [2.05, 4.69) is 0 Å². The minimum Gasteiger partial charge on any atom is -0.387 e. The van der Waals surface area contributed by atoms with E-state index >= 15 is 0 Å². The molecular formula is C6H10O5. The molecule has 0 aromatic carbocycles. The van der Waals surface area contributed by atoms with Crippen LogP contribution in [0, 0.1) is 0 Å². The molecule has 2 heterocycles. The Hall–Kier alpha value is -0.200.